The maximum atomic E-state index is 11.0. The number of benzene rings is 2. The van der Waals surface area contributed by atoms with Crippen molar-refractivity contribution in [2.24, 2.45) is 0 Å². The second-order valence-corrected chi connectivity index (χ2v) is 14.5. The van der Waals surface area contributed by atoms with Crippen molar-refractivity contribution in [3.63, 3.8) is 0 Å². The number of carbonyl (C=O) groups excluding carboxylic acids is 2. The second-order valence-electron chi connectivity index (χ2n) is 7.59. The third-order valence-corrected chi connectivity index (χ3v) is 11.1. The average Bonchev–Trinajstić information content (AvgIpc) is 2.81. The first-order chi connectivity index (χ1) is 17.5. The first kappa shape index (κ1) is 36.0. The molecule has 2 aromatic carbocycles. The van der Waals surface area contributed by atoms with Gasteiger partial charge in [0.2, 0.25) is 11.8 Å². The van der Waals surface area contributed by atoms with E-state index in [4.69, 9.17) is 84.0 Å². The molecule has 1 unspecified atom stereocenters. The summed E-state index contributed by atoms with van der Waals surface area (Å²) >= 11 is 35.0. The Bertz CT molecular complexity index is 974. The molecule has 212 valence electrons. The normalized spacial score (nSPS) is 25.9. The zero-order chi connectivity index (χ0) is 29.2. The molecular formula is C22H23Cl6FIN2O5P. The highest BCUT2D eigenvalue weighted by molar-refractivity contribution is 7.44. The van der Waals surface area contributed by atoms with Crippen molar-refractivity contribution in [2.75, 3.05) is 10.6 Å². The highest BCUT2D eigenvalue weighted by atomic mass is 127. The van der Waals surface area contributed by atoms with Gasteiger partial charge in [0.05, 0.1) is 32.3 Å². The molecule has 0 aromatic heterocycles. The van der Waals surface area contributed by atoms with Gasteiger partial charge in [0, 0.05) is 25.2 Å². The van der Waals surface area contributed by atoms with E-state index in [9.17, 15) is 13.8 Å². The minimum absolute atomic E-state index is 0.0639. The quantitative estimate of drug-likeness (QED) is 0.251. The average molecular weight is 785 g/mol. The minimum atomic E-state index is -5.39. The molecule has 0 aliphatic heterocycles. The summed E-state index contributed by atoms with van der Waals surface area (Å²) in [7, 11) is -5.39. The highest BCUT2D eigenvalue weighted by Crippen LogP contribution is 2.39. The van der Waals surface area contributed by atoms with Crippen molar-refractivity contribution in [1.82, 2.24) is 0 Å². The van der Waals surface area contributed by atoms with Crippen molar-refractivity contribution >= 4 is 101 Å². The number of anilines is 2. The van der Waals surface area contributed by atoms with Gasteiger partial charge in [-0.2, -0.15) is 4.20 Å². The van der Waals surface area contributed by atoms with Gasteiger partial charge in [-0.25, -0.2) is 0 Å². The molecule has 0 saturated heterocycles. The van der Waals surface area contributed by atoms with E-state index in [2.05, 4.69) is 10.6 Å². The van der Waals surface area contributed by atoms with Crippen LogP contribution in [0.2, 0.25) is 0 Å². The fraction of sp³-hybridized carbons (Fsp3) is 0.364. The van der Waals surface area contributed by atoms with E-state index in [-0.39, 0.29) is 33.0 Å². The fourth-order valence-corrected chi connectivity index (χ4v) is 7.26. The minimum Gasteiger partial charge on any atom is -0.753 e. The lowest BCUT2D eigenvalue weighted by Gasteiger charge is -2.37. The van der Waals surface area contributed by atoms with Gasteiger partial charge in [-0.05, 0) is 48.5 Å². The van der Waals surface area contributed by atoms with Gasteiger partial charge >= 0.3 is 29.1 Å². The first-order valence-electron chi connectivity index (χ1n) is 10.5. The van der Waals surface area contributed by atoms with E-state index in [0.717, 1.165) is 11.4 Å². The topological polar surface area (TPSA) is 119 Å². The first-order valence-corrected chi connectivity index (χ1v) is 16.7. The van der Waals surface area contributed by atoms with Crippen LogP contribution < -0.4 is 36.7 Å². The number of rotatable bonds is 4. The Labute approximate surface area is 260 Å². The SMILES string of the molecule is CC(=O)Nc1ccc([I+]c2ccc(NC(C)=O)cc2)cc1.ClC1C(Cl)C(Cl)C(Cl)C(Cl)C1Cl.O=P([O-])(O)F. The fourth-order valence-electron chi connectivity index (χ4n) is 2.78. The lowest BCUT2D eigenvalue weighted by molar-refractivity contribution is -0.597. The van der Waals surface area contributed by atoms with Crippen LogP contribution in [0, 0.1) is 7.14 Å². The lowest BCUT2D eigenvalue weighted by atomic mass is 9.97. The van der Waals surface area contributed by atoms with Crippen LogP contribution in [-0.4, -0.2) is 49.0 Å². The summed E-state index contributed by atoms with van der Waals surface area (Å²) in [6.07, 6.45) is 0. The third-order valence-electron chi connectivity index (χ3n) is 4.37. The van der Waals surface area contributed by atoms with Crippen LogP contribution in [0.1, 0.15) is 13.8 Å². The number of hydrogen-bond donors (Lipinski definition) is 3. The maximum absolute atomic E-state index is 11.0. The maximum Gasteiger partial charge on any atom is 0.357 e. The molecule has 0 radical (unpaired) electrons. The molecule has 2 amide bonds. The van der Waals surface area contributed by atoms with Crippen LogP contribution in [0.5, 0.6) is 0 Å². The molecule has 0 spiro atoms. The van der Waals surface area contributed by atoms with E-state index in [1.807, 2.05) is 48.5 Å². The van der Waals surface area contributed by atoms with Crippen LogP contribution in [0.15, 0.2) is 48.5 Å². The Balaban J connectivity index is 0.000000357. The molecule has 1 atom stereocenters. The summed E-state index contributed by atoms with van der Waals surface area (Å²) < 4.78 is 21.3. The summed E-state index contributed by atoms with van der Waals surface area (Å²) in [5.74, 6) is -0.128. The predicted octanol–water partition coefficient (Wildman–Crippen LogP) is 2.79. The van der Waals surface area contributed by atoms with Crippen LogP contribution in [-0.2, 0) is 14.2 Å². The molecule has 0 bridgehead atoms. The number of amides is 2. The smallest absolute Gasteiger partial charge is 0.357 e. The van der Waals surface area contributed by atoms with Crippen molar-refractivity contribution in [2.45, 2.75) is 46.1 Å². The van der Waals surface area contributed by atoms with Crippen LogP contribution >= 0.6 is 77.5 Å². The van der Waals surface area contributed by atoms with Crippen LogP contribution in [0.25, 0.3) is 0 Å². The molecule has 16 heteroatoms. The van der Waals surface area contributed by atoms with Crippen LogP contribution in [0.4, 0.5) is 15.6 Å². The highest BCUT2D eigenvalue weighted by Gasteiger charge is 2.46. The number of nitrogens with one attached hydrogen (secondary N) is 2. The van der Waals surface area contributed by atoms with Crippen molar-refractivity contribution < 1.29 is 49.3 Å². The number of alkyl halides is 6. The standard InChI is InChI=1S/C16H15IN2O2.C6H6Cl6.FH2O3P/c1-11(20)18-15-7-3-13(4-8-15)17-14-5-9-16(10-6-14)19-12(2)21;7-1-2(8)4(10)6(12)5(11)3(1)9;1-5(2,3)4/h3-10H,1-2H3,(H-,18,19,20,21);1-6H;(H2,2,3,4). The Morgan fingerprint density at radius 1 is 0.737 bits per heavy atom. The van der Waals surface area contributed by atoms with E-state index in [0.29, 0.717) is 0 Å². The third kappa shape index (κ3) is 14.0. The zero-order valence-electron chi connectivity index (χ0n) is 19.6. The zero-order valence-corrected chi connectivity index (χ0v) is 27.2. The van der Waals surface area contributed by atoms with Gasteiger partial charge in [-0.3, -0.25) is 14.2 Å². The summed E-state index contributed by atoms with van der Waals surface area (Å²) in [6, 6.07) is 15.8. The van der Waals surface area contributed by atoms with E-state index in [1.54, 1.807) is 0 Å². The number of hydrogen-bond acceptors (Lipinski definition) is 4. The summed E-state index contributed by atoms with van der Waals surface area (Å²) in [6.45, 7) is 2.99. The molecule has 3 N–H and O–H groups in total. The second kappa shape index (κ2) is 17.0. The Morgan fingerprint density at radius 3 is 1.13 bits per heavy atom. The Hall–Kier alpha value is -0.0700. The largest absolute Gasteiger partial charge is 0.753 e. The van der Waals surface area contributed by atoms with E-state index < -0.39 is 40.2 Å². The van der Waals surface area contributed by atoms with Crippen molar-refractivity contribution in [3.05, 3.63) is 55.7 Å². The number of halogens is 8. The van der Waals surface area contributed by atoms with E-state index in [1.165, 1.54) is 21.0 Å². The summed E-state index contributed by atoms with van der Waals surface area (Å²) in [5.41, 5.74) is 1.63. The van der Waals surface area contributed by atoms with Gasteiger partial charge in [0.25, 0.3) is 0 Å². The van der Waals surface area contributed by atoms with Crippen molar-refractivity contribution in [1.29, 1.82) is 0 Å². The molecular weight excluding hydrogens is 762 g/mol. The monoisotopic (exact) mass is 782 g/mol. The Morgan fingerprint density at radius 2 is 0.947 bits per heavy atom. The molecule has 7 nitrogen and oxygen atoms in total. The molecule has 38 heavy (non-hydrogen) atoms. The summed E-state index contributed by atoms with van der Waals surface area (Å²) in [5, 5.41) is 2.89. The molecule has 2 aromatic rings. The summed E-state index contributed by atoms with van der Waals surface area (Å²) in [4.78, 5) is 37.3. The van der Waals surface area contributed by atoms with Gasteiger partial charge < -0.3 is 20.4 Å². The molecule has 1 aliphatic carbocycles. The predicted molar refractivity (Wildman–Crippen MR) is 148 cm³/mol. The molecule has 1 fully saturated rings. The van der Waals surface area contributed by atoms with Gasteiger partial charge in [0.15, 0.2) is 7.14 Å². The molecule has 1 aliphatic rings. The van der Waals surface area contributed by atoms with Crippen molar-refractivity contribution in [3.8, 4) is 0 Å². The molecule has 1 saturated carbocycles. The van der Waals surface area contributed by atoms with Gasteiger partial charge in [-0.15, -0.1) is 69.6 Å². The van der Waals surface area contributed by atoms with Gasteiger partial charge in [0.1, 0.15) is 0 Å². The van der Waals surface area contributed by atoms with Crippen LogP contribution in [0.3, 0.4) is 0 Å². The molecule has 3 rings (SSSR count). The molecule has 0 heterocycles. The number of carbonyl (C=O) groups is 2. The Kier molecular flexibility index (Phi) is 16.1. The van der Waals surface area contributed by atoms with E-state index >= 15 is 0 Å². The van der Waals surface area contributed by atoms with Gasteiger partial charge in [-0.1, -0.05) is 0 Å². The lowest BCUT2D eigenvalue weighted by Crippen LogP contribution is -3.61.